The molecule has 3 aliphatic rings. The molecule has 2 aromatic carbocycles. The van der Waals surface area contributed by atoms with Crippen LogP contribution in [0.4, 0.5) is 0 Å². The van der Waals surface area contributed by atoms with E-state index in [9.17, 15) is 14.4 Å². The fraction of sp³-hybridized carbons (Fsp3) is 0.516. The maximum absolute atomic E-state index is 13.7. The number of fused-ring (bicyclic) bond motifs is 4. The number of hydrogen-bond donors (Lipinski definition) is 2. The van der Waals surface area contributed by atoms with Crippen LogP contribution in [0.5, 0.6) is 0 Å². The SMILES string of the molecule is C[C@H]1NC(=O)[C@H](CCc2ccccc2)NC(=O)CCC[C@H]2[C@@H]3C[C@@H](CN(Cc4ccccc4)C3)CN2C1=O. The molecule has 2 aromatic rings. The number of hydrogen-bond acceptors (Lipinski definition) is 4. The first kappa shape index (κ1) is 26.4. The number of nitrogens with one attached hydrogen (secondary N) is 2. The quantitative estimate of drug-likeness (QED) is 0.640. The molecule has 0 unspecified atom stereocenters. The molecule has 3 heterocycles. The summed E-state index contributed by atoms with van der Waals surface area (Å²) >= 11 is 0. The van der Waals surface area contributed by atoms with Gasteiger partial charge in [0.25, 0.3) is 0 Å². The first-order valence-corrected chi connectivity index (χ1v) is 14.2. The van der Waals surface area contributed by atoms with Gasteiger partial charge >= 0.3 is 0 Å². The van der Waals surface area contributed by atoms with Gasteiger partial charge in [-0.05, 0) is 62.0 Å². The van der Waals surface area contributed by atoms with Crippen molar-refractivity contribution in [2.75, 3.05) is 19.6 Å². The maximum atomic E-state index is 13.7. The molecule has 5 atom stereocenters. The largest absolute Gasteiger partial charge is 0.344 e. The normalized spacial score (nSPS) is 28.9. The highest BCUT2D eigenvalue weighted by Gasteiger charge is 2.43. The van der Waals surface area contributed by atoms with Crippen LogP contribution in [0.2, 0.25) is 0 Å². The fourth-order valence-corrected chi connectivity index (χ4v) is 6.63. The molecule has 0 spiro atoms. The van der Waals surface area contributed by atoms with E-state index in [0.29, 0.717) is 37.5 Å². The number of amides is 3. The number of benzene rings is 2. The van der Waals surface area contributed by atoms with Gasteiger partial charge in [0.2, 0.25) is 17.7 Å². The summed E-state index contributed by atoms with van der Waals surface area (Å²) < 4.78 is 0. The van der Waals surface area contributed by atoms with E-state index in [0.717, 1.165) is 44.6 Å². The number of nitrogens with zero attached hydrogens (tertiary/aromatic N) is 2. The molecule has 38 heavy (non-hydrogen) atoms. The van der Waals surface area contributed by atoms with Gasteiger partial charge in [0.05, 0.1) is 0 Å². The van der Waals surface area contributed by atoms with Crippen LogP contribution in [0.25, 0.3) is 0 Å². The summed E-state index contributed by atoms with van der Waals surface area (Å²) in [6.07, 6.45) is 4.18. The number of carbonyl (C=O) groups is 3. The molecule has 202 valence electrons. The number of carbonyl (C=O) groups excluding carboxylic acids is 3. The van der Waals surface area contributed by atoms with E-state index in [2.05, 4.69) is 39.8 Å². The second kappa shape index (κ2) is 12.1. The molecule has 0 saturated carbocycles. The highest BCUT2D eigenvalue weighted by Crippen LogP contribution is 2.36. The minimum Gasteiger partial charge on any atom is -0.344 e. The average molecular weight is 517 g/mol. The Morgan fingerprint density at radius 3 is 2.32 bits per heavy atom. The van der Waals surface area contributed by atoms with Crippen molar-refractivity contribution in [3.05, 3.63) is 71.8 Å². The summed E-state index contributed by atoms with van der Waals surface area (Å²) in [5.41, 5.74) is 2.43. The predicted octanol–water partition coefficient (Wildman–Crippen LogP) is 3.14. The van der Waals surface area contributed by atoms with Crippen molar-refractivity contribution in [1.82, 2.24) is 20.4 Å². The van der Waals surface area contributed by atoms with E-state index in [4.69, 9.17) is 0 Å². The Morgan fingerprint density at radius 2 is 1.58 bits per heavy atom. The third-order valence-electron chi connectivity index (χ3n) is 8.43. The Hall–Kier alpha value is -3.19. The zero-order valence-electron chi connectivity index (χ0n) is 22.4. The Bertz CT molecular complexity index is 1110. The standard InChI is InChI=1S/C31H40N4O3/c1-22-31(38)35-20-25-17-26(21-34(19-25)18-24-11-6-3-7-12-24)28(35)13-8-14-29(36)33-27(30(37)32-22)16-15-23-9-4-2-5-10-23/h2-7,9-12,22,25-28H,8,13-21H2,1H3,(H,32,37)(H,33,36)/t22-,25+,26-,27+,28+/m1/s1. The van der Waals surface area contributed by atoms with Crippen molar-refractivity contribution in [3.63, 3.8) is 0 Å². The first-order chi connectivity index (χ1) is 18.5. The van der Waals surface area contributed by atoms with E-state index < -0.39 is 12.1 Å². The smallest absolute Gasteiger partial charge is 0.245 e. The summed E-state index contributed by atoms with van der Waals surface area (Å²) in [5, 5.41) is 5.90. The highest BCUT2D eigenvalue weighted by molar-refractivity contribution is 5.92. The lowest BCUT2D eigenvalue weighted by Gasteiger charge is -2.51. The topological polar surface area (TPSA) is 81.8 Å². The van der Waals surface area contributed by atoms with Crippen LogP contribution in [-0.2, 0) is 27.3 Å². The van der Waals surface area contributed by atoms with Crippen LogP contribution < -0.4 is 10.6 Å². The second-order valence-electron chi connectivity index (χ2n) is 11.4. The molecule has 3 amide bonds. The lowest BCUT2D eigenvalue weighted by molar-refractivity contribution is -0.145. The minimum atomic E-state index is -0.652. The number of rotatable bonds is 5. The fourth-order valence-electron chi connectivity index (χ4n) is 6.63. The number of likely N-dealkylation sites (tertiary alicyclic amines) is 1. The van der Waals surface area contributed by atoms with Gasteiger partial charge in [-0.2, -0.15) is 0 Å². The zero-order chi connectivity index (χ0) is 26.5. The summed E-state index contributed by atoms with van der Waals surface area (Å²) in [6.45, 7) is 5.36. The molecule has 7 heteroatoms. The average Bonchev–Trinajstić information content (AvgIpc) is 2.92. The molecule has 0 radical (unpaired) electrons. The van der Waals surface area contributed by atoms with Crippen LogP contribution in [0, 0.1) is 11.8 Å². The van der Waals surface area contributed by atoms with Crippen LogP contribution in [0.1, 0.15) is 50.2 Å². The summed E-state index contributed by atoms with van der Waals surface area (Å²) in [4.78, 5) is 44.4. The summed E-state index contributed by atoms with van der Waals surface area (Å²) in [7, 11) is 0. The van der Waals surface area contributed by atoms with Gasteiger partial charge in [0.1, 0.15) is 12.1 Å². The molecular weight excluding hydrogens is 476 g/mol. The number of piperidine rings is 2. The molecular formula is C31H40N4O3. The van der Waals surface area contributed by atoms with Crippen LogP contribution >= 0.6 is 0 Å². The third-order valence-corrected chi connectivity index (χ3v) is 8.43. The van der Waals surface area contributed by atoms with Crippen molar-refractivity contribution >= 4 is 17.7 Å². The van der Waals surface area contributed by atoms with Crippen LogP contribution in [0.3, 0.4) is 0 Å². The molecule has 3 aliphatic heterocycles. The van der Waals surface area contributed by atoms with Crippen molar-refractivity contribution in [2.45, 2.75) is 70.1 Å². The lowest BCUT2D eigenvalue weighted by atomic mass is 9.77. The van der Waals surface area contributed by atoms with Crippen LogP contribution in [-0.4, -0.2) is 65.3 Å². The van der Waals surface area contributed by atoms with E-state index in [1.165, 1.54) is 5.56 Å². The van der Waals surface area contributed by atoms with Crippen molar-refractivity contribution < 1.29 is 14.4 Å². The van der Waals surface area contributed by atoms with E-state index in [1.54, 1.807) is 6.92 Å². The molecule has 0 aromatic heterocycles. The van der Waals surface area contributed by atoms with Gasteiger partial charge in [-0.3, -0.25) is 19.3 Å². The van der Waals surface area contributed by atoms with Crippen molar-refractivity contribution in [2.24, 2.45) is 11.8 Å². The van der Waals surface area contributed by atoms with Gasteiger partial charge in [0, 0.05) is 38.6 Å². The maximum Gasteiger partial charge on any atom is 0.245 e. The van der Waals surface area contributed by atoms with E-state index in [-0.39, 0.29) is 23.8 Å². The minimum absolute atomic E-state index is 0.00303. The van der Waals surface area contributed by atoms with Crippen molar-refractivity contribution in [3.8, 4) is 0 Å². The zero-order valence-corrected chi connectivity index (χ0v) is 22.4. The molecule has 3 fully saturated rings. The molecule has 2 N–H and O–H groups in total. The third kappa shape index (κ3) is 6.44. The lowest BCUT2D eigenvalue weighted by Crippen LogP contribution is -2.62. The Kier molecular flexibility index (Phi) is 8.42. The summed E-state index contributed by atoms with van der Waals surface area (Å²) in [6, 6.07) is 19.3. The van der Waals surface area contributed by atoms with Crippen molar-refractivity contribution in [1.29, 1.82) is 0 Å². The monoisotopic (exact) mass is 516 g/mol. The van der Waals surface area contributed by atoms with Gasteiger partial charge in [0.15, 0.2) is 0 Å². The molecule has 7 nitrogen and oxygen atoms in total. The predicted molar refractivity (Wildman–Crippen MR) is 147 cm³/mol. The van der Waals surface area contributed by atoms with Gasteiger partial charge in [-0.15, -0.1) is 0 Å². The van der Waals surface area contributed by atoms with Gasteiger partial charge < -0.3 is 15.5 Å². The Morgan fingerprint density at radius 1 is 0.868 bits per heavy atom. The molecule has 0 aliphatic carbocycles. The number of aryl methyl sites for hydroxylation is 1. The second-order valence-corrected chi connectivity index (χ2v) is 11.4. The van der Waals surface area contributed by atoms with Crippen LogP contribution in [0.15, 0.2) is 60.7 Å². The van der Waals surface area contributed by atoms with Gasteiger partial charge in [-0.25, -0.2) is 0 Å². The Balaban J connectivity index is 1.27. The first-order valence-electron chi connectivity index (χ1n) is 14.2. The highest BCUT2D eigenvalue weighted by atomic mass is 16.2. The summed E-state index contributed by atoms with van der Waals surface area (Å²) in [5.74, 6) is 0.437. The molecule has 2 bridgehead atoms. The van der Waals surface area contributed by atoms with Gasteiger partial charge in [-0.1, -0.05) is 60.7 Å². The molecule has 3 saturated heterocycles. The van der Waals surface area contributed by atoms with E-state index >= 15 is 0 Å². The molecule has 5 rings (SSSR count). The van der Waals surface area contributed by atoms with E-state index in [1.807, 2.05) is 41.3 Å². The Labute approximate surface area is 226 Å².